The number of carboxylic acid groups (broad SMARTS) is 1. The fourth-order valence-electron chi connectivity index (χ4n) is 1.58. The van der Waals surface area contributed by atoms with Crippen LogP contribution in [0.25, 0.3) is 0 Å². The number of hydrogen-bond acceptors (Lipinski definition) is 4. The SMILES string of the molecule is CCc1c(C(=O)O)cc(OC)c(O)c1OC. The topological polar surface area (TPSA) is 76.0 Å². The van der Waals surface area contributed by atoms with Gasteiger partial charge in [0.2, 0.25) is 5.75 Å². The van der Waals surface area contributed by atoms with Gasteiger partial charge >= 0.3 is 5.97 Å². The van der Waals surface area contributed by atoms with Crippen molar-refractivity contribution in [1.82, 2.24) is 0 Å². The van der Waals surface area contributed by atoms with Crippen LogP contribution < -0.4 is 9.47 Å². The molecule has 0 atom stereocenters. The number of methoxy groups -OCH3 is 2. The summed E-state index contributed by atoms with van der Waals surface area (Å²) in [7, 11) is 2.73. The molecule has 0 aromatic heterocycles. The zero-order valence-electron chi connectivity index (χ0n) is 9.40. The van der Waals surface area contributed by atoms with Crippen LogP contribution in [0.1, 0.15) is 22.8 Å². The lowest BCUT2D eigenvalue weighted by Crippen LogP contribution is -2.05. The molecule has 88 valence electrons. The molecule has 2 N–H and O–H groups in total. The van der Waals surface area contributed by atoms with Gasteiger partial charge in [0, 0.05) is 5.56 Å². The number of aromatic hydroxyl groups is 1. The van der Waals surface area contributed by atoms with Gasteiger partial charge < -0.3 is 19.7 Å². The van der Waals surface area contributed by atoms with Gasteiger partial charge in [-0.2, -0.15) is 0 Å². The van der Waals surface area contributed by atoms with Gasteiger partial charge in [-0.05, 0) is 12.5 Å². The van der Waals surface area contributed by atoms with Crippen LogP contribution in [0.15, 0.2) is 6.07 Å². The minimum Gasteiger partial charge on any atom is -0.502 e. The molecule has 0 aliphatic heterocycles. The summed E-state index contributed by atoms with van der Waals surface area (Å²) < 4.78 is 9.89. The van der Waals surface area contributed by atoms with Gasteiger partial charge in [0.1, 0.15) is 0 Å². The number of phenols is 1. The van der Waals surface area contributed by atoms with E-state index in [0.717, 1.165) is 0 Å². The maximum Gasteiger partial charge on any atom is 0.336 e. The monoisotopic (exact) mass is 226 g/mol. The highest BCUT2D eigenvalue weighted by Crippen LogP contribution is 2.41. The number of benzene rings is 1. The molecule has 1 rings (SSSR count). The highest BCUT2D eigenvalue weighted by atomic mass is 16.5. The summed E-state index contributed by atoms with van der Waals surface area (Å²) in [5.41, 5.74) is 0.530. The summed E-state index contributed by atoms with van der Waals surface area (Å²) in [6, 6.07) is 1.29. The Bertz CT molecular complexity index is 411. The van der Waals surface area contributed by atoms with E-state index in [9.17, 15) is 9.90 Å². The van der Waals surface area contributed by atoms with E-state index < -0.39 is 5.97 Å². The van der Waals surface area contributed by atoms with E-state index in [2.05, 4.69) is 0 Å². The summed E-state index contributed by atoms with van der Waals surface area (Å²) >= 11 is 0. The lowest BCUT2D eigenvalue weighted by molar-refractivity contribution is 0.0694. The molecule has 0 amide bonds. The normalized spacial score (nSPS) is 9.94. The van der Waals surface area contributed by atoms with E-state index in [1.807, 2.05) is 0 Å². The second-order valence-corrected chi connectivity index (χ2v) is 3.15. The molecule has 0 bridgehead atoms. The lowest BCUT2D eigenvalue weighted by atomic mass is 10.0. The van der Waals surface area contributed by atoms with Crippen molar-refractivity contribution < 1.29 is 24.5 Å². The zero-order chi connectivity index (χ0) is 12.3. The van der Waals surface area contributed by atoms with Crippen molar-refractivity contribution in [2.75, 3.05) is 14.2 Å². The summed E-state index contributed by atoms with van der Waals surface area (Å²) in [6.07, 6.45) is 0.447. The van der Waals surface area contributed by atoms with Crippen molar-refractivity contribution in [2.24, 2.45) is 0 Å². The Kier molecular flexibility index (Phi) is 3.60. The first-order valence-electron chi connectivity index (χ1n) is 4.76. The van der Waals surface area contributed by atoms with Crippen molar-refractivity contribution in [1.29, 1.82) is 0 Å². The summed E-state index contributed by atoms with van der Waals surface area (Å²) in [4.78, 5) is 11.0. The van der Waals surface area contributed by atoms with Crippen molar-refractivity contribution in [2.45, 2.75) is 13.3 Å². The highest BCUT2D eigenvalue weighted by molar-refractivity contribution is 5.91. The first kappa shape index (κ1) is 12.2. The van der Waals surface area contributed by atoms with Crippen molar-refractivity contribution >= 4 is 5.97 Å². The Morgan fingerprint density at radius 1 is 1.38 bits per heavy atom. The van der Waals surface area contributed by atoms with Crippen LogP contribution in [-0.2, 0) is 6.42 Å². The van der Waals surface area contributed by atoms with Crippen LogP contribution >= 0.6 is 0 Å². The number of carboxylic acids is 1. The first-order valence-corrected chi connectivity index (χ1v) is 4.76. The molecule has 0 radical (unpaired) electrons. The molecule has 0 aliphatic rings. The molecular formula is C11H14O5. The number of aromatic carboxylic acids is 1. The smallest absolute Gasteiger partial charge is 0.336 e. The third kappa shape index (κ3) is 1.88. The molecule has 0 unspecified atom stereocenters. The van der Waals surface area contributed by atoms with Crippen molar-refractivity contribution in [3.8, 4) is 17.2 Å². The van der Waals surface area contributed by atoms with Crippen LogP contribution in [0, 0.1) is 0 Å². The quantitative estimate of drug-likeness (QED) is 0.816. The Morgan fingerprint density at radius 3 is 2.38 bits per heavy atom. The number of rotatable bonds is 4. The van der Waals surface area contributed by atoms with Gasteiger partial charge in [-0.1, -0.05) is 6.92 Å². The predicted octanol–water partition coefficient (Wildman–Crippen LogP) is 1.67. The Balaban J connectivity index is 3.56. The van der Waals surface area contributed by atoms with Gasteiger partial charge in [0.25, 0.3) is 0 Å². The number of ether oxygens (including phenoxy) is 2. The third-order valence-electron chi connectivity index (χ3n) is 2.33. The van der Waals surface area contributed by atoms with Gasteiger partial charge in [-0.25, -0.2) is 4.79 Å². The Hall–Kier alpha value is -1.91. The number of phenolic OH excluding ortho intramolecular Hbond substituents is 1. The molecule has 0 heterocycles. The molecule has 0 fully saturated rings. The molecule has 5 heteroatoms. The van der Waals surface area contributed by atoms with Gasteiger partial charge in [-0.15, -0.1) is 0 Å². The van der Waals surface area contributed by atoms with E-state index in [0.29, 0.717) is 12.0 Å². The summed E-state index contributed by atoms with van der Waals surface area (Å²) in [6.45, 7) is 1.79. The van der Waals surface area contributed by atoms with Crippen LogP contribution in [0.5, 0.6) is 17.2 Å². The highest BCUT2D eigenvalue weighted by Gasteiger charge is 2.21. The third-order valence-corrected chi connectivity index (χ3v) is 2.33. The number of hydrogen-bond donors (Lipinski definition) is 2. The van der Waals surface area contributed by atoms with E-state index >= 15 is 0 Å². The van der Waals surface area contributed by atoms with E-state index in [-0.39, 0.29) is 22.8 Å². The van der Waals surface area contributed by atoms with Gasteiger partial charge in [0.05, 0.1) is 19.8 Å². The van der Waals surface area contributed by atoms with Gasteiger partial charge in [0.15, 0.2) is 11.5 Å². The summed E-state index contributed by atoms with van der Waals surface area (Å²) in [5, 5.41) is 18.8. The number of carbonyl (C=O) groups is 1. The first-order chi connectivity index (χ1) is 7.56. The van der Waals surface area contributed by atoms with Crippen LogP contribution in [0.4, 0.5) is 0 Å². The zero-order valence-corrected chi connectivity index (χ0v) is 9.40. The van der Waals surface area contributed by atoms with Crippen LogP contribution in [-0.4, -0.2) is 30.4 Å². The Morgan fingerprint density at radius 2 is 2.00 bits per heavy atom. The molecule has 0 aliphatic carbocycles. The maximum atomic E-state index is 11.0. The fraction of sp³-hybridized carbons (Fsp3) is 0.364. The molecule has 0 saturated carbocycles. The molecule has 1 aromatic carbocycles. The molecule has 0 spiro atoms. The second-order valence-electron chi connectivity index (χ2n) is 3.15. The largest absolute Gasteiger partial charge is 0.502 e. The maximum absolute atomic E-state index is 11.0. The predicted molar refractivity (Wildman–Crippen MR) is 57.5 cm³/mol. The van der Waals surface area contributed by atoms with Crippen LogP contribution in [0.3, 0.4) is 0 Å². The molecule has 1 aromatic rings. The van der Waals surface area contributed by atoms with Crippen molar-refractivity contribution in [3.63, 3.8) is 0 Å². The van der Waals surface area contributed by atoms with Crippen molar-refractivity contribution in [3.05, 3.63) is 17.2 Å². The minimum atomic E-state index is -1.08. The van der Waals surface area contributed by atoms with Gasteiger partial charge in [-0.3, -0.25) is 0 Å². The van der Waals surface area contributed by atoms with Crippen LogP contribution in [0.2, 0.25) is 0 Å². The molecule has 5 nitrogen and oxygen atoms in total. The molecule has 16 heavy (non-hydrogen) atoms. The standard InChI is InChI=1S/C11H14O5/c1-4-6-7(11(13)14)5-8(15-2)9(12)10(6)16-3/h5,12H,4H2,1-3H3,(H,13,14). The molecular weight excluding hydrogens is 212 g/mol. The second kappa shape index (κ2) is 4.74. The average molecular weight is 226 g/mol. The fourth-order valence-corrected chi connectivity index (χ4v) is 1.58. The minimum absolute atomic E-state index is 0.0778. The molecule has 0 saturated heterocycles. The lowest BCUT2D eigenvalue weighted by Gasteiger charge is -2.14. The average Bonchev–Trinajstić information content (AvgIpc) is 2.27. The summed E-state index contributed by atoms with van der Waals surface area (Å²) in [5.74, 6) is -1.01. The Labute approximate surface area is 93.2 Å². The van der Waals surface area contributed by atoms with E-state index in [1.54, 1.807) is 6.92 Å². The van der Waals surface area contributed by atoms with E-state index in [1.165, 1.54) is 20.3 Å². The van der Waals surface area contributed by atoms with E-state index in [4.69, 9.17) is 14.6 Å².